The van der Waals surface area contributed by atoms with E-state index in [0.717, 1.165) is 36.4 Å². The van der Waals surface area contributed by atoms with Gasteiger partial charge in [-0.3, -0.25) is 35.7 Å². The Morgan fingerprint density at radius 2 is 1.56 bits per heavy atom. The Labute approximate surface area is 339 Å². The van der Waals surface area contributed by atoms with E-state index >= 15 is 0 Å². The molecule has 0 aliphatic carbocycles. The molecule has 52 heavy (non-hydrogen) atoms. The number of nitrogens with zero attached hydrogens (tertiary/aromatic N) is 3. The number of aliphatic carboxylic acids is 1. The summed E-state index contributed by atoms with van der Waals surface area (Å²) in [4.78, 5) is 61.4. The molecule has 0 heterocycles. The largest absolute Gasteiger partial charge is 1.00 e. The van der Waals surface area contributed by atoms with Crippen LogP contribution in [0.5, 0.6) is 17.2 Å². The van der Waals surface area contributed by atoms with Gasteiger partial charge in [0.15, 0.2) is 0 Å². The number of carbonyl (C=O) groups is 2. The summed E-state index contributed by atoms with van der Waals surface area (Å²) in [6.07, 6.45) is -4.97. The molecular formula is C27H23ClF3N4Na2O14P. The third kappa shape index (κ3) is 14.2. The van der Waals surface area contributed by atoms with Crippen LogP contribution in [-0.2, 0) is 15.5 Å². The van der Waals surface area contributed by atoms with Crippen molar-refractivity contribution in [2.75, 3.05) is 12.8 Å². The van der Waals surface area contributed by atoms with Crippen molar-refractivity contribution in [1.29, 1.82) is 0 Å². The normalized spacial score (nSPS) is 12.3. The van der Waals surface area contributed by atoms with Gasteiger partial charge in [0.25, 0.3) is 11.4 Å². The number of ether oxygens (including phenoxy) is 1. The van der Waals surface area contributed by atoms with E-state index in [4.69, 9.17) is 20.9 Å². The Morgan fingerprint density at radius 3 is 2.02 bits per heavy atom. The van der Waals surface area contributed by atoms with E-state index in [2.05, 4.69) is 5.32 Å². The van der Waals surface area contributed by atoms with Gasteiger partial charge in [0.1, 0.15) is 17.8 Å². The predicted molar refractivity (Wildman–Crippen MR) is 161 cm³/mol. The quantitative estimate of drug-likeness (QED) is 0.0797. The van der Waals surface area contributed by atoms with Crippen LogP contribution >= 0.6 is 19.2 Å². The second-order valence-corrected chi connectivity index (χ2v) is 12.0. The van der Waals surface area contributed by atoms with Crippen LogP contribution in [0.2, 0.25) is 5.02 Å². The number of carboxylic acid groups (broad SMARTS) is 2. The summed E-state index contributed by atoms with van der Waals surface area (Å²) >= 11 is 5.71. The summed E-state index contributed by atoms with van der Waals surface area (Å²) in [5.41, 5.74) is -3.78. The number of non-ortho nitro benzene ring substituents is 1. The molecule has 0 bridgehead atoms. The zero-order valence-electron chi connectivity index (χ0n) is 27.4. The maximum Gasteiger partial charge on any atom is 1.00 e. The van der Waals surface area contributed by atoms with Crippen LogP contribution in [0.1, 0.15) is 47.7 Å². The third-order valence-electron chi connectivity index (χ3n) is 6.32. The molecule has 0 aromatic heterocycles. The van der Waals surface area contributed by atoms with Crippen molar-refractivity contribution in [1.82, 2.24) is 5.32 Å². The van der Waals surface area contributed by atoms with Crippen LogP contribution in [0.4, 0.5) is 30.2 Å². The fraction of sp³-hybridized carbons (Fsp3) is 0.259. The van der Waals surface area contributed by atoms with E-state index in [1.807, 2.05) is 0 Å². The minimum Gasteiger partial charge on any atom is -0.549 e. The van der Waals surface area contributed by atoms with Gasteiger partial charge in [-0.05, 0) is 42.7 Å². The first-order valence-electron chi connectivity index (χ1n) is 13.5. The van der Waals surface area contributed by atoms with Gasteiger partial charge in [0, 0.05) is 24.2 Å². The van der Waals surface area contributed by atoms with Crippen LogP contribution in [0.25, 0.3) is 0 Å². The van der Waals surface area contributed by atoms with Gasteiger partial charge in [-0.25, -0.2) is 4.57 Å². The van der Waals surface area contributed by atoms with Gasteiger partial charge < -0.3 is 34.0 Å². The first-order chi connectivity index (χ1) is 23.1. The van der Waals surface area contributed by atoms with Crippen molar-refractivity contribution >= 4 is 48.2 Å². The number of benzene rings is 3. The van der Waals surface area contributed by atoms with Crippen LogP contribution in [-0.4, -0.2) is 44.4 Å². The number of alkyl halides is 3. The molecule has 2 unspecified atom stereocenters. The van der Waals surface area contributed by atoms with Crippen molar-refractivity contribution in [3.05, 3.63) is 101 Å². The second kappa shape index (κ2) is 20.8. The molecule has 3 aromatic carbocycles. The Kier molecular flexibility index (Phi) is 19.4. The SMILES string of the molecule is CCC(C)c1cc([N+](=O)[O-])cc([N+](=O)[O-])c1OP(=O)(O)CNCC(=O)[O-].O=C([O-])c1cc(Oc2ccc(C(F)(F)F)cc2Cl)ccc1[N+](=O)[O-].[Na+].[Na+]. The standard InChI is InChI=1S/C14H7ClF3NO5.C13H18N3O9P.2Na/c15-10-5-7(14(16,17)18)1-4-12(10)24-8-2-3-11(19(22)23)9(6-8)13(20)21;1-3-8(2)10-4-9(15(19)20)5-11(16(21)22)13(10)25-26(23,24)7-14-6-12(17)18;;/h1-6H,(H,20,21);4-5,8,14H,3,6-7H2,1-2H3,(H,17,18)(H,23,24);;/q;;2*+1/p-2. The summed E-state index contributed by atoms with van der Waals surface area (Å²) in [7, 11) is -4.53. The molecule has 2 atom stereocenters. The molecule has 3 aromatic rings. The van der Waals surface area contributed by atoms with E-state index in [9.17, 15) is 72.8 Å². The third-order valence-corrected chi connectivity index (χ3v) is 7.71. The topological polar surface area (TPSA) is 277 Å². The molecule has 0 radical (unpaired) electrons. The van der Waals surface area contributed by atoms with E-state index in [1.54, 1.807) is 13.8 Å². The van der Waals surface area contributed by atoms with Gasteiger partial charge in [0.2, 0.25) is 5.75 Å². The number of halogens is 4. The molecule has 0 amide bonds. The molecule has 0 aliphatic heterocycles. The summed E-state index contributed by atoms with van der Waals surface area (Å²) in [5.74, 6) is -4.67. The second-order valence-electron chi connectivity index (χ2n) is 9.86. The first kappa shape index (κ1) is 48.6. The fourth-order valence-electron chi connectivity index (χ4n) is 3.81. The average molecular weight is 797 g/mol. The number of aromatic carboxylic acids is 1. The van der Waals surface area contributed by atoms with Gasteiger partial charge >= 0.3 is 78.6 Å². The average Bonchev–Trinajstić information content (AvgIpc) is 3.00. The number of nitro groups is 3. The monoisotopic (exact) mass is 796 g/mol. The zero-order chi connectivity index (χ0) is 38.1. The molecule has 270 valence electrons. The van der Waals surface area contributed by atoms with Crippen LogP contribution in [0.15, 0.2) is 48.5 Å². The van der Waals surface area contributed by atoms with Gasteiger partial charge in [0.05, 0.1) is 48.9 Å². The Morgan fingerprint density at radius 1 is 0.962 bits per heavy atom. The summed E-state index contributed by atoms with van der Waals surface area (Å²) in [6.45, 7) is 2.61. The molecule has 0 fully saturated rings. The molecule has 0 saturated carbocycles. The summed E-state index contributed by atoms with van der Waals surface area (Å²) in [6, 6.07) is 6.78. The Hall–Kier alpha value is -3.37. The molecule has 0 spiro atoms. The van der Waals surface area contributed by atoms with Gasteiger partial charge in [-0.2, -0.15) is 13.2 Å². The molecule has 3 rings (SSSR count). The molecular weight excluding hydrogens is 774 g/mol. The predicted octanol–water partition coefficient (Wildman–Crippen LogP) is -1.69. The molecule has 0 saturated heterocycles. The number of hydrogen-bond donors (Lipinski definition) is 2. The van der Waals surface area contributed by atoms with E-state index in [-0.39, 0.29) is 81.2 Å². The van der Waals surface area contributed by atoms with Crippen LogP contribution in [0.3, 0.4) is 0 Å². The van der Waals surface area contributed by atoms with Crippen molar-refractivity contribution in [2.24, 2.45) is 0 Å². The summed E-state index contributed by atoms with van der Waals surface area (Å²) in [5, 5.41) is 56.0. The molecule has 2 N–H and O–H groups in total. The summed E-state index contributed by atoms with van der Waals surface area (Å²) < 4.78 is 59.9. The molecule has 0 aliphatic rings. The van der Waals surface area contributed by atoms with Crippen molar-refractivity contribution in [3.63, 3.8) is 0 Å². The fourth-order valence-corrected chi connectivity index (χ4v) is 4.97. The van der Waals surface area contributed by atoms with Crippen LogP contribution < -0.4 is 83.9 Å². The van der Waals surface area contributed by atoms with Gasteiger partial charge in [-0.15, -0.1) is 0 Å². The number of nitrogens with one attached hydrogen (secondary N) is 1. The van der Waals surface area contributed by atoms with Crippen molar-refractivity contribution in [2.45, 2.75) is 32.4 Å². The molecule has 18 nitrogen and oxygen atoms in total. The van der Waals surface area contributed by atoms with E-state index in [0.29, 0.717) is 18.6 Å². The van der Waals surface area contributed by atoms with Crippen molar-refractivity contribution in [3.8, 4) is 17.2 Å². The smallest absolute Gasteiger partial charge is 0.549 e. The minimum absolute atomic E-state index is 0. The van der Waals surface area contributed by atoms with Crippen molar-refractivity contribution < 1.29 is 126 Å². The maximum atomic E-state index is 12.6. The number of nitro benzene ring substituents is 3. The van der Waals surface area contributed by atoms with E-state index in [1.165, 1.54) is 0 Å². The number of hydrogen-bond acceptors (Lipinski definition) is 14. The zero-order valence-corrected chi connectivity index (χ0v) is 33.0. The first-order valence-corrected chi connectivity index (χ1v) is 15.6. The molecule has 25 heteroatoms. The van der Waals surface area contributed by atoms with Crippen LogP contribution in [0, 0.1) is 30.3 Å². The van der Waals surface area contributed by atoms with E-state index < -0.39 is 93.2 Å². The number of rotatable bonds is 14. The Bertz CT molecular complexity index is 1870. The number of carbonyl (C=O) groups excluding carboxylic acids is 2. The van der Waals surface area contributed by atoms with Gasteiger partial charge in [-0.1, -0.05) is 25.4 Å². The Balaban J connectivity index is 0.000000965. The minimum atomic E-state index is -4.59. The maximum absolute atomic E-state index is 12.6. The number of carboxylic acids is 2.